The minimum Gasteiger partial charge on any atom is -0.383 e. The van der Waals surface area contributed by atoms with Crippen LogP contribution in [0.1, 0.15) is 11.0 Å². The number of hydrogen-bond donors (Lipinski definition) is 2. The summed E-state index contributed by atoms with van der Waals surface area (Å²) in [5.41, 5.74) is 0. The third kappa shape index (κ3) is 5.46. The molecule has 6 nitrogen and oxygen atoms in total. The minimum absolute atomic E-state index is 0.198. The number of halogens is 1. The molecule has 8 heteroatoms. The molecule has 1 unspecified atom stereocenters. The van der Waals surface area contributed by atoms with Gasteiger partial charge in [-0.15, -0.1) is 11.3 Å². The van der Waals surface area contributed by atoms with Gasteiger partial charge in [0.05, 0.1) is 10.9 Å². The van der Waals surface area contributed by atoms with Crippen molar-refractivity contribution in [1.82, 2.24) is 10.6 Å². The van der Waals surface area contributed by atoms with Crippen molar-refractivity contribution in [3.05, 3.63) is 21.3 Å². The number of methoxy groups -OCH3 is 2. The number of nitrogens with one attached hydrogen (secondary N) is 2. The maximum Gasteiger partial charge on any atom is 0.309 e. The lowest BCUT2D eigenvalue weighted by Gasteiger charge is -2.14. The molecule has 0 radical (unpaired) electrons. The Labute approximate surface area is 126 Å². The summed E-state index contributed by atoms with van der Waals surface area (Å²) >= 11 is 7.21. The van der Waals surface area contributed by atoms with Crippen molar-refractivity contribution in [1.29, 1.82) is 0 Å². The number of carbonyl (C=O) groups excluding carboxylic acids is 2. The normalized spacial score (nSPS) is 11.9. The highest BCUT2D eigenvalue weighted by Crippen LogP contribution is 2.28. The van der Waals surface area contributed by atoms with Crippen molar-refractivity contribution in [2.75, 3.05) is 33.9 Å². The van der Waals surface area contributed by atoms with Gasteiger partial charge in [-0.25, -0.2) is 0 Å². The average molecular weight is 321 g/mol. The molecule has 0 fully saturated rings. The first-order valence-corrected chi connectivity index (χ1v) is 7.11. The van der Waals surface area contributed by atoms with Crippen LogP contribution in [0.4, 0.5) is 0 Å². The Morgan fingerprint density at radius 2 is 2.00 bits per heavy atom. The number of hydrogen-bond acceptors (Lipinski definition) is 5. The summed E-state index contributed by atoms with van der Waals surface area (Å²) in [5, 5.41) is 4.95. The van der Waals surface area contributed by atoms with Crippen molar-refractivity contribution in [2.45, 2.75) is 6.10 Å². The summed E-state index contributed by atoms with van der Waals surface area (Å²) in [6.07, 6.45) is -0.330. The van der Waals surface area contributed by atoms with E-state index in [4.69, 9.17) is 21.1 Å². The lowest BCUT2D eigenvalue weighted by Crippen LogP contribution is -2.42. The van der Waals surface area contributed by atoms with Gasteiger partial charge in [-0.3, -0.25) is 9.59 Å². The third-order valence-electron chi connectivity index (χ3n) is 2.44. The molecule has 0 bridgehead atoms. The molecule has 0 aliphatic heterocycles. The Morgan fingerprint density at radius 1 is 1.30 bits per heavy atom. The minimum atomic E-state index is -0.703. The van der Waals surface area contributed by atoms with E-state index in [-0.39, 0.29) is 19.2 Å². The zero-order chi connectivity index (χ0) is 15.0. The maximum atomic E-state index is 11.6. The molecule has 0 saturated heterocycles. The fraction of sp³-hybridized carbons (Fsp3) is 0.500. The second kappa shape index (κ2) is 8.91. The zero-order valence-corrected chi connectivity index (χ0v) is 12.8. The Hall–Kier alpha value is -1.15. The first kappa shape index (κ1) is 16.9. The lowest BCUT2D eigenvalue weighted by molar-refractivity contribution is -0.139. The van der Waals surface area contributed by atoms with Crippen LogP contribution in [0.2, 0.25) is 4.34 Å². The van der Waals surface area contributed by atoms with E-state index in [9.17, 15) is 9.59 Å². The number of carbonyl (C=O) groups is 2. The van der Waals surface area contributed by atoms with E-state index in [1.165, 1.54) is 25.6 Å². The van der Waals surface area contributed by atoms with Crippen LogP contribution in [0.5, 0.6) is 0 Å². The van der Waals surface area contributed by atoms with E-state index in [1.54, 1.807) is 6.07 Å². The summed E-state index contributed by atoms with van der Waals surface area (Å²) in [4.78, 5) is 23.9. The lowest BCUT2D eigenvalue weighted by atomic mass is 10.3. The van der Waals surface area contributed by atoms with Crippen LogP contribution in [-0.4, -0.2) is 45.7 Å². The summed E-state index contributed by atoms with van der Waals surface area (Å²) in [5.74, 6) is -1.40. The van der Waals surface area contributed by atoms with Crippen LogP contribution >= 0.6 is 22.9 Å². The molecule has 20 heavy (non-hydrogen) atoms. The van der Waals surface area contributed by atoms with Crippen LogP contribution in [0.3, 0.4) is 0 Å². The Balaban J connectivity index is 2.40. The number of thiophene rings is 1. The van der Waals surface area contributed by atoms with Gasteiger partial charge in [0, 0.05) is 32.2 Å². The molecule has 0 spiro atoms. The number of ether oxygens (including phenoxy) is 2. The molecule has 1 rings (SSSR count). The van der Waals surface area contributed by atoms with E-state index < -0.39 is 11.8 Å². The van der Waals surface area contributed by atoms with Crippen molar-refractivity contribution in [2.24, 2.45) is 0 Å². The van der Waals surface area contributed by atoms with Gasteiger partial charge < -0.3 is 20.1 Å². The van der Waals surface area contributed by atoms with Gasteiger partial charge in [0.15, 0.2) is 0 Å². The molecular weight excluding hydrogens is 304 g/mol. The van der Waals surface area contributed by atoms with E-state index in [2.05, 4.69) is 10.6 Å². The molecule has 1 heterocycles. The highest BCUT2D eigenvalue weighted by atomic mass is 35.5. The largest absolute Gasteiger partial charge is 0.383 e. The predicted octanol–water partition coefficient (Wildman–Crippen LogP) is 0.968. The fourth-order valence-electron chi connectivity index (χ4n) is 1.41. The maximum absolute atomic E-state index is 11.6. The summed E-state index contributed by atoms with van der Waals surface area (Å²) < 4.78 is 10.7. The van der Waals surface area contributed by atoms with Crippen molar-refractivity contribution in [3.63, 3.8) is 0 Å². The van der Waals surface area contributed by atoms with Crippen LogP contribution < -0.4 is 10.6 Å². The van der Waals surface area contributed by atoms with Crippen LogP contribution in [-0.2, 0) is 19.1 Å². The Morgan fingerprint density at radius 3 is 2.55 bits per heavy atom. The Kier molecular flexibility index (Phi) is 7.53. The van der Waals surface area contributed by atoms with E-state index in [1.807, 2.05) is 6.07 Å². The zero-order valence-electron chi connectivity index (χ0n) is 11.3. The number of amides is 2. The van der Waals surface area contributed by atoms with Crippen molar-refractivity contribution < 1.29 is 19.1 Å². The Bertz CT molecular complexity index is 452. The van der Waals surface area contributed by atoms with Gasteiger partial charge in [-0.1, -0.05) is 11.6 Å². The average Bonchev–Trinajstić information content (AvgIpc) is 2.86. The SMILES string of the molecule is COCCNC(=O)C(=O)NCC(OC)c1ccc(Cl)s1. The van der Waals surface area contributed by atoms with Crippen LogP contribution in [0.25, 0.3) is 0 Å². The molecular formula is C12H17ClN2O4S. The van der Waals surface area contributed by atoms with Gasteiger partial charge >= 0.3 is 11.8 Å². The predicted molar refractivity (Wildman–Crippen MR) is 77.0 cm³/mol. The number of rotatable bonds is 7. The third-order valence-corrected chi connectivity index (χ3v) is 3.77. The first-order chi connectivity index (χ1) is 9.58. The summed E-state index contributed by atoms with van der Waals surface area (Å²) in [7, 11) is 3.05. The van der Waals surface area contributed by atoms with Crippen molar-refractivity contribution in [3.8, 4) is 0 Å². The van der Waals surface area contributed by atoms with E-state index in [0.717, 1.165) is 4.88 Å². The highest BCUT2D eigenvalue weighted by Gasteiger charge is 2.17. The quantitative estimate of drug-likeness (QED) is 0.580. The van der Waals surface area contributed by atoms with Gasteiger partial charge in [0.25, 0.3) is 0 Å². The van der Waals surface area contributed by atoms with Crippen LogP contribution in [0.15, 0.2) is 12.1 Å². The molecule has 2 N–H and O–H groups in total. The fourth-order valence-corrected chi connectivity index (χ4v) is 2.55. The second-order valence-electron chi connectivity index (χ2n) is 3.82. The van der Waals surface area contributed by atoms with Gasteiger partial charge in [-0.2, -0.15) is 0 Å². The van der Waals surface area contributed by atoms with E-state index in [0.29, 0.717) is 10.9 Å². The van der Waals surface area contributed by atoms with Gasteiger partial charge in [0.2, 0.25) is 0 Å². The monoisotopic (exact) mass is 320 g/mol. The molecule has 1 atom stereocenters. The molecule has 0 aromatic carbocycles. The molecule has 1 aromatic heterocycles. The molecule has 2 amide bonds. The molecule has 0 aliphatic rings. The summed E-state index contributed by atoms with van der Waals surface area (Å²) in [6, 6.07) is 3.58. The first-order valence-electron chi connectivity index (χ1n) is 5.91. The molecule has 0 aliphatic carbocycles. The molecule has 112 valence electrons. The highest BCUT2D eigenvalue weighted by molar-refractivity contribution is 7.16. The molecule has 0 saturated carbocycles. The second-order valence-corrected chi connectivity index (χ2v) is 5.57. The topological polar surface area (TPSA) is 76.7 Å². The van der Waals surface area contributed by atoms with Gasteiger partial charge in [0.1, 0.15) is 6.10 Å². The van der Waals surface area contributed by atoms with E-state index >= 15 is 0 Å². The van der Waals surface area contributed by atoms with Crippen LogP contribution in [0, 0.1) is 0 Å². The standard InChI is InChI=1S/C12H17ClN2O4S/c1-18-6-5-14-11(16)12(17)15-7-8(19-2)9-3-4-10(13)20-9/h3-4,8H,5-7H2,1-2H3,(H,14,16)(H,15,17). The van der Waals surface area contributed by atoms with Gasteiger partial charge in [-0.05, 0) is 12.1 Å². The summed E-state index contributed by atoms with van der Waals surface area (Å²) in [6.45, 7) is 0.842. The molecule has 1 aromatic rings. The smallest absolute Gasteiger partial charge is 0.309 e. The van der Waals surface area contributed by atoms with Crippen molar-refractivity contribution >= 4 is 34.8 Å².